The van der Waals surface area contributed by atoms with Crippen molar-refractivity contribution in [3.8, 4) is 0 Å². The fourth-order valence-electron chi connectivity index (χ4n) is 4.23. The van der Waals surface area contributed by atoms with Crippen molar-refractivity contribution in [3.63, 3.8) is 0 Å². The van der Waals surface area contributed by atoms with Crippen LogP contribution in [0.3, 0.4) is 0 Å². The number of rotatable bonds is 7. The summed E-state index contributed by atoms with van der Waals surface area (Å²) in [5.74, 6) is 0. The highest BCUT2D eigenvalue weighted by Gasteiger charge is 2.12. The van der Waals surface area contributed by atoms with Crippen molar-refractivity contribution in [2.24, 2.45) is 0 Å². The first-order valence-corrected chi connectivity index (χ1v) is 11.2. The van der Waals surface area contributed by atoms with Gasteiger partial charge in [-0.15, -0.1) is 0 Å². The van der Waals surface area contributed by atoms with Gasteiger partial charge >= 0.3 is 0 Å². The molecule has 0 saturated heterocycles. The molecule has 156 valence electrons. The summed E-state index contributed by atoms with van der Waals surface area (Å²) in [4.78, 5) is 3.35. The van der Waals surface area contributed by atoms with Crippen molar-refractivity contribution in [2.45, 2.75) is 19.5 Å². The number of hydrogen-bond acceptors (Lipinski definition) is 1. The van der Waals surface area contributed by atoms with Crippen LogP contribution in [0.15, 0.2) is 79.1 Å². The van der Waals surface area contributed by atoms with Gasteiger partial charge in [-0.05, 0) is 48.4 Å². The molecule has 5 aromatic rings. The Hall–Kier alpha value is -2.72. The fraction of sp³-hybridized carbons (Fsp3) is 0.154. The third kappa shape index (κ3) is 4.09. The van der Waals surface area contributed by atoms with E-state index in [9.17, 15) is 0 Å². The third-order valence-electron chi connectivity index (χ3n) is 5.82. The zero-order chi connectivity index (χ0) is 21.2. The van der Waals surface area contributed by atoms with Crippen LogP contribution in [0.1, 0.15) is 16.7 Å². The Morgan fingerprint density at radius 3 is 2.39 bits per heavy atom. The SMILES string of the molecule is Clc1cccc(Cl)c1Cn1cc(CNCCc2c[nH]c3ccccc23)c2ccccc21. The number of H-pyrrole nitrogens is 1. The largest absolute Gasteiger partial charge is 0.361 e. The second kappa shape index (κ2) is 8.80. The van der Waals surface area contributed by atoms with Crippen LogP contribution >= 0.6 is 23.2 Å². The number of nitrogens with one attached hydrogen (secondary N) is 2. The van der Waals surface area contributed by atoms with E-state index in [-0.39, 0.29) is 0 Å². The average Bonchev–Trinajstić information content (AvgIpc) is 3.36. The van der Waals surface area contributed by atoms with Crippen LogP contribution in [-0.2, 0) is 19.5 Å². The first kappa shape index (κ1) is 20.2. The maximum absolute atomic E-state index is 6.42. The molecule has 0 aliphatic carbocycles. The van der Waals surface area contributed by atoms with E-state index in [0.717, 1.165) is 25.1 Å². The fourth-order valence-corrected chi connectivity index (χ4v) is 4.75. The molecule has 5 heteroatoms. The summed E-state index contributed by atoms with van der Waals surface area (Å²) in [5, 5.41) is 7.57. The summed E-state index contributed by atoms with van der Waals surface area (Å²) >= 11 is 12.8. The summed E-state index contributed by atoms with van der Waals surface area (Å²) in [6.45, 7) is 2.37. The maximum Gasteiger partial charge on any atom is 0.0505 e. The van der Waals surface area contributed by atoms with Crippen molar-refractivity contribution in [2.75, 3.05) is 6.54 Å². The Bertz CT molecular complexity index is 1330. The van der Waals surface area contributed by atoms with Gasteiger partial charge in [0.05, 0.1) is 6.54 Å². The molecule has 0 spiro atoms. The number of para-hydroxylation sites is 2. The molecule has 0 fully saturated rings. The highest BCUT2D eigenvalue weighted by molar-refractivity contribution is 6.36. The number of halogens is 2. The van der Waals surface area contributed by atoms with Crippen LogP contribution in [0.25, 0.3) is 21.8 Å². The van der Waals surface area contributed by atoms with E-state index in [1.165, 1.54) is 32.9 Å². The van der Waals surface area contributed by atoms with Gasteiger partial charge in [-0.25, -0.2) is 0 Å². The summed E-state index contributed by atoms with van der Waals surface area (Å²) < 4.78 is 2.24. The van der Waals surface area contributed by atoms with Crippen LogP contribution in [0, 0.1) is 0 Å². The molecule has 5 rings (SSSR count). The highest BCUT2D eigenvalue weighted by Crippen LogP contribution is 2.28. The van der Waals surface area contributed by atoms with Crippen LogP contribution in [0.4, 0.5) is 0 Å². The molecular formula is C26H23Cl2N3. The first-order valence-electron chi connectivity index (χ1n) is 10.5. The number of fused-ring (bicyclic) bond motifs is 2. The first-order chi connectivity index (χ1) is 15.2. The van der Waals surface area contributed by atoms with E-state index < -0.39 is 0 Å². The molecule has 0 saturated carbocycles. The Balaban J connectivity index is 1.32. The highest BCUT2D eigenvalue weighted by atomic mass is 35.5. The molecule has 2 heterocycles. The van der Waals surface area contributed by atoms with E-state index in [4.69, 9.17) is 23.2 Å². The molecule has 0 aliphatic heterocycles. The minimum Gasteiger partial charge on any atom is -0.361 e. The molecule has 31 heavy (non-hydrogen) atoms. The normalized spacial score (nSPS) is 11.5. The molecular weight excluding hydrogens is 425 g/mol. The molecule has 0 aliphatic rings. The smallest absolute Gasteiger partial charge is 0.0505 e. The van der Waals surface area contributed by atoms with Crippen LogP contribution in [0.2, 0.25) is 10.0 Å². The monoisotopic (exact) mass is 447 g/mol. The van der Waals surface area contributed by atoms with Gasteiger partial charge in [0, 0.05) is 56.4 Å². The molecule has 0 radical (unpaired) electrons. The molecule has 0 atom stereocenters. The number of benzene rings is 3. The van der Waals surface area contributed by atoms with E-state index in [1.54, 1.807) is 0 Å². The number of nitrogens with zero attached hydrogens (tertiary/aromatic N) is 1. The molecule has 0 unspecified atom stereocenters. The molecule has 3 aromatic carbocycles. The van der Waals surface area contributed by atoms with Gasteiger partial charge < -0.3 is 14.9 Å². The second-order valence-electron chi connectivity index (χ2n) is 7.79. The zero-order valence-corrected chi connectivity index (χ0v) is 18.5. The van der Waals surface area contributed by atoms with Gasteiger partial charge in [-0.3, -0.25) is 0 Å². The van der Waals surface area contributed by atoms with Gasteiger partial charge in [-0.1, -0.05) is 65.7 Å². The van der Waals surface area contributed by atoms with Crippen LogP contribution in [0.5, 0.6) is 0 Å². The van der Waals surface area contributed by atoms with Gasteiger partial charge in [0.2, 0.25) is 0 Å². The van der Waals surface area contributed by atoms with Crippen molar-refractivity contribution in [1.29, 1.82) is 0 Å². The van der Waals surface area contributed by atoms with E-state index >= 15 is 0 Å². The number of hydrogen-bond donors (Lipinski definition) is 2. The lowest BCUT2D eigenvalue weighted by Crippen LogP contribution is -2.16. The predicted octanol–water partition coefficient (Wildman–Crippen LogP) is 6.81. The van der Waals surface area contributed by atoms with E-state index in [0.29, 0.717) is 16.6 Å². The lowest BCUT2D eigenvalue weighted by molar-refractivity contribution is 0.688. The van der Waals surface area contributed by atoms with Crippen LogP contribution in [-0.4, -0.2) is 16.1 Å². The van der Waals surface area contributed by atoms with Gasteiger partial charge in [0.1, 0.15) is 0 Å². The van der Waals surface area contributed by atoms with Gasteiger partial charge in [-0.2, -0.15) is 0 Å². The Kier molecular flexibility index (Phi) is 5.73. The Morgan fingerprint density at radius 2 is 1.55 bits per heavy atom. The Labute approximate surface area is 191 Å². The number of aromatic amines is 1. The summed E-state index contributed by atoms with van der Waals surface area (Å²) in [7, 11) is 0. The molecule has 2 aromatic heterocycles. The Morgan fingerprint density at radius 1 is 0.806 bits per heavy atom. The zero-order valence-electron chi connectivity index (χ0n) is 17.0. The quantitative estimate of drug-likeness (QED) is 0.264. The van der Waals surface area contributed by atoms with Crippen molar-refractivity contribution in [3.05, 3.63) is 106 Å². The van der Waals surface area contributed by atoms with E-state index in [1.807, 2.05) is 18.2 Å². The minimum absolute atomic E-state index is 0.647. The standard InChI is InChI=1S/C26H23Cl2N3/c27-23-8-5-9-24(28)22(23)17-31-16-19(21-7-2-4-11-26(21)31)14-29-13-12-18-15-30-25-10-3-1-6-20(18)25/h1-11,15-16,29-30H,12-14,17H2. The van der Waals surface area contributed by atoms with Gasteiger partial charge in [0.25, 0.3) is 0 Å². The number of aromatic nitrogens is 2. The predicted molar refractivity (Wildman–Crippen MR) is 131 cm³/mol. The molecule has 3 nitrogen and oxygen atoms in total. The molecule has 2 N–H and O–H groups in total. The second-order valence-corrected chi connectivity index (χ2v) is 8.60. The third-order valence-corrected chi connectivity index (χ3v) is 6.53. The van der Waals surface area contributed by atoms with E-state index in [2.05, 4.69) is 75.8 Å². The van der Waals surface area contributed by atoms with Crippen LogP contribution < -0.4 is 5.32 Å². The summed E-state index contributed by atoms with van der Waals surface area (Å²) in [5.41, 5.74) is 5.95. The minimum atomic E-state index is 0.647. The average molecular weight is 448 g/mol. The van der Waals surface area contributed by atoms with Crippen molar-refractivity contribution in [1.82, 2.24) is 14.9 Å². The maximum atomic E-state index is 6.42. The molecule has 0 amide bonds. The van der Waals surface area contributed by atoms with Gasteiger partial charge in [0.15, 0.2) is 0 Å². The molecule has 0 bridgehead atoms. The summed E-state index contributed by atoms with van der Waals surface area (Å²) in [6, 6.07) is 22.6. The van der Waals surface area contributed by atoms with Crippen molar-refractivity contribution < 1.29 is 0 Å². The summed E-state index contributed by atoms with van der Waals surface area (Å²) in [6.07, 6.45) is 5.31. The topological polar surface area (TPSA) is 32.8 Å². The lowest BCUT2D eigenvalue weighted by Gasteiger charge is -2.09. The lowest BCUT2D eigenvalue weighted by atomic mass is 10.1. The van der Waals surface area contributed by atoms with Crippen molar-refractivity contribution >= 4 is 45.0 Å².